The molecule has 0 saturated carbocycles. The molecule has 97 heavy (non-hydrogen) atoms. The van der Waals surface area contributed by atoms with Crippen molar-refractivity contribution in [3.05, 3.63) is 71.6 Å². The number of carbonyl (C=O) groups excluding carboxylic acids is 11. The average molecular weight is 1370 g/mol. The highest BCUT2D eigenvalue weighted by atomic mass is 16.7. The summed E-state index contributed by atoms with van der Waals surface area (Å²) in [5.74, 6) is -12.8. The van der Waals surface area contributed by atoms with Crippen LogP contribution in [-0.2, 0) is 79.8 Å². The Hall–Kier alpha value is -8.44. The van der Waals surface area contributed by atoms with Crippen molar-refractivity contribution in [2.24, 2.45) is 5.73 Å². The van der Waals surface area contributed by atoms with Crippen LogP contribution in [0.15, 0.2) is 60.3 Å². The SMILES string of the molecule is C/C=C(/NC(=O)C[C@H](O)CCCCCCCCCCC)C(=O)N[C@@H]1C(=O)N[C@H](C(C)(C)O)C(=O)N[C@H](Cc2ccc(O)cc2)C(=O)N/C(=C/C)C(=O)N[C@@H](CCC(N)=O)C(=O)NCC(=O)N(C)C([C@@H](C)O[C@@H]2O[C@H](CO)[C@@H](O)[C@H](O)[C@H]2O)C(=O)NC(Cc2cnc[nH]2)C(=O)O[C@@H]1C. The monoisotopic (exact) mass is 1370 g/mol. The highest BCUT2D eigenvalue weighted by Gasteiger charge is 2.47. The molecule has 2 fully saturated rings. The number of H-pyrrole nitrogens is 1. The number of carbonyl (C=O) groups is 11. The van der Waals surface area contributed by atoms with Gasteiger partial charge in [-0.1, -0.05) is 89.0 Å². The number of imidazole rings is 1. The molecule has 2 aliphatic rings. The summed E-state index contributed by atoms with van der Waals surface area (Å²) in [6.45, 7) is 7.44. The average Bonchev–Trinajstić information content (AvgIpc) is 0.920. The summed E-state index contributed by atoms with van der Waals surface area (Å²) in [7, 11) is 1.06. The molecule has 0 radical (unpaired) electrons. The smallest absolute Gasteiger partial charge is 0.329 e. The predicted octanol–water partition coefficient (Wildman–Crippen LogP) is -2.83. The van der Waals surface area contributed by atoms with Crippen LogP contribution in [-0.4, -0.2) is 227 Å². The number of aromatic amines is 1. The zero-order chi connectivity index (χ0) is 72.3. The van der Waals surface area contributed by atoms with E-state index in [4.69, 9.17) is 19.9 Å². The van der Waals surface area contributed by atoms with Gasteiger partial charge in [0.25, 0.3) is 11.8 Å². The number of unbranched alkanes of at least 4 members (excludes halogenated alkanes) is 8. The summed E-state index contributed by atoms with van der Waals surface area (Å²) < 4.78 is 17.4. The van der Waals surface area contributed by atoms with Gasteiger partial charge >= 0.3 is 5.97 Å². The summed E-state index contributed by atoms with van der Waals surface area (Å²) in [5.41, 5.74) is 2.61. The van der Waals surface area contributed by atoms with Gasteiger partial charge in [-0.2, -0.15) is 0 Å². The molecule has 2 unspecified atom stereocenters. The Morgan fingerprint density at radius 2 is 1.47 bits per heavy atom. The van der Waals surface area contributed by atoms with Gasteiger partial charge in [-0.25, -0.2) is 9.78 Å². The van der Waals surface area contributed by atoms with Crippen molar-refractivity contribution in [2.45, 2.75) is 236 Å². The quantitative estimate of drug-likeness (QED) is 0.0243. The van der Waals surface area contributed by atoms with E-state index >= 15 is 4.79 Å². The van der Waals surface area contributed by atoms with Gasteiger partial charge in [0.1, 0.15) is 83.9 Å². The highest BCUT2D eigenvalue weighted by molar-refractivity contribution is 6.03. The van der Waals surface area contributed by atoms with Gasteiger partial charge in [-0.15, -0.1) is 0 Å². The van der Waals surface area contributed by atoms with Crippen LogP contribution in [0, 0.1) is 0 Å². The molecule has 3 heterocycles. The first kappa shape index (κ1) is 81.0. The molecule has 1 aromatic heterocycles. The number of aromatic nitrogens is 2. The van der Waals surface area contributed by atoms with Gasteiger partial charge < -0.3 is 108 Å². The van der Waals surface area contributed by atoms with E-state index in [9.17, 15) is 83.7 Å². The first-order valence-corrected chi connectivity index (χ1v) is 32.4. The van der Waals surface area contributed by atoms with Gasteiger partial charge in [0, 0.05) is 38.2 Å². The first-order valence-electron chi connectivity index (χ1n) is 32.4. The number of phenolic OH excluding ortho intramolecular Hbond substituents is 1. The van der Waals surface area contributed by atoms with Gasteiger partial charge in [0.2, 0.25) is 47.3 Å². The number of nitrogens with one attached hydrogen (secondary N) is 9. The molecule has 14 atom stereocenters. The third-order valence-electron chi connectivity index (χ3n) is 16.3. The van der Waals surface area contributed by atoms with Crippen LogP contribution in [0.1, 0.15) is 143 Å². The van der Waals surface area contributed by atoms with Gasteiger partial charge in [0.05, 0.1) is 43.7 Å². The minimum Gasteiger partial charge on any atom is -0.508 e. The maximum Gasteiger partial charge on any atom is 0.329 e. The third-order valence-corrected chi connectivity index (χ3v) is 16.3. The molecular weight excluding hydrogens is 1270 g/mol. The largest absolute Gasteiger partial charge is 0.508 e. The number of allylic oxidation sites excluding steroid dienone is 2. The number of aliphatic hydroxyl groups excluding tert-OH is 5. The number of hydrogen-bond acceptors (Lipinski definition) is 22. The van der Waals surface area contributed by atoms with Crippen LogP contribution in [0.3, 0.4) is 0 Å². The fourth-order valence-corrected chi connectivity index (χ4v) is 10.6. The second-order valence-electron chi connectivity index (χ2n) is 24.6. The number of nitrogens with zero attached hydrogens (tertiary/aromatic N) is 2. The Bertz CT molecular complexity index is 3030. The molecule has 18 N–H and O–H groups in total. The molecule has 2 aliphatic heterocycles. The standard InChI is InChI=1S/C64H98N12O21/c1-9-12-13-14-15-16-17-18-19-20-39(79)29-47(81)69-40(10-2)57(88)74-49-34(4)95-62(93)44(28-37-30-66-33-68-37)73-60(91)50(35(5)96-63-53(85)52(84)51(83)45(32-77)97-63)76(8)48(82)31-67-55(86)42(25-26-46(65)80)71-56(87)41(11-3)70-58(89)43(27-36-21-23-38(78)24-22-36)72-61(92)54(64(6,7)94)75-59(49)90/h10-11,21-24,30,33-35,39,42-45,49-54,63,77-79,83-85,94H,9,12-20,25-29,31-32H2,1-8H3,(H2,65,80)(H,66,68)(H,67,86)(H,69,81)(H,70,89)(H,71,87)(H,72,92)(H,73,91)(H,74,88)(H,75,90)/b40-10+,41-11+/t34-,35-,39-,42+,43-,44?,45-,49+,50?,51-,52+,53-,54+,63-/m1/s1. The zero-order valence-corrected chi connectivity index (χ0v) is 56.0. The molecule has 4 rings (SSSR count). The van der Waals surface area contributed by atoms with Crippen molar-refractivity contribution in [3.8, 4) is 5.75 Å². The summed E-state index contributed by atoms with van der Waals surface area (Å²) in [6.07, 6.45) is -2.10. The topological polar surface area (TPSA) is 511 Å². The van der Waals surface area contributed by atoms with Crippen molar-refractivity contribution in [2.75, 3.05) is 20.2 Å². The molecule has 10 amide bonds. The summed E-state index contributed by atoms with van der Waals surface area (Å²) in [5, 5.41) is 93.8. The summed E-state index contributed by atoms with van der Waals surface area (Å²) in [4.78, 5) is 164. The Kier molecular flexibility index (Phi) is 33.1. The van der Waals surface area contributed by atoms with E-state index in [2.05, 4.69) is 59.4 Å². The lowest BCUT2D eigenvalue weighted by Crippen LogP contribution is -2.65. The van der Waals surface area contributed by atoms with Crippen molar-refractivity contribution in [1.29, 1.82) is 0 Å². The van der Waals surface area contributed by atoms with E-state index in [1.54, 1.807) is 0 Å². The molecule has 540 valence electrons. The number of cyclic esters (lactones) is 1. The molecule has 2 saturated heterocycles. The lowest BCUT2D eigenvalue weighted by atomic mass is 9.96. The number of amides is 10. The molecule has 2 aromatic rings. The molecule has 0 spiro atoms. The lowest BCUT2D eigenvalue weighted by Gasteiger charge is -2.42. The number of hydrogen-bond donors (Lipinski definition) is 17. The van der Waals surface area contributed by atoms with Crippen LogP contribution in [0.5, 0.6) is 5.75 Å². The van der Waals surface area contributed by atoms with Gasteiger partial charge in [0.15, 0.2) is 6.29 Å². The molecule has 1 aromatic carbocycles. The van der Waals surface area contributed by atoms with Crippen LogP contribution in [0.25, 0.3) is 0 Å². The second-order valence-corrected chi connectivity index (χ2v) is 24.6. The number of primary amides is 1. The Morgan fingerprint density at radius 3 is 2.06 bits per heavy atom. The van der Waals surface area contributed by atoms with Gasteiger partial charge in [-0.3, -0.25) is 47.9 Å². The molecule has 33 heteroatoms. The first-order chi connectivity index (χ1) is 45.8. The normalized spacial score (nSPS) is 26.1. The third kappa shape index (κ3) is 25.8. The van der Waals surface area contributed by atoms with E-state index < -0.39 is 213 Å². The number of ether oxygens (including phenoxy) is 3. The number of benzene rings is 1. The minimum absolute atomic E-state index is 0.165. The molecule has 33 nitrogen and oxygen atoms in total. The van der Waals surface area contributed by atoms with E-state index in [1.807, 2.05) is 0 Å². The fourth-order valence-electron chi connectivity index (χ4n) is 10.6. The summed E-state index contributed by atoms with van der Waals surface area (Å²) >= 11 is 0. The number of aromatic hydroxyl groups is 1. The summed E-state index contributed by atoms with van der Waals surface area (Å²) in [6, 6.07) is -6.11. The maximum absolute atomic E-state index is 15.0. The van der Waals surface area contributed by atoms with E-state index in [0.29, 0.717) is 12.0 Å². The lowest BCUT2D eigenvalue weighted by molar-refractivity contribution is -0.312. The van der Waals surface area contributed by atoms with Gasteiger partial charge in [-0.05, 0) is 72.1 Å². The van der Waals surface area contributed by atoms with E-state index in [-0.39, 0.29) is 17.9 Å². The fraction of sp³-hybridized carbons (Fsp3) is 0.625. The van der Waals surface area contributed by atoms with E-state index in [1.165, 1.54) is 70.4 Å². The number of nitrogens with two attached hydrogens (primary N) is 1. The van der Waals surface area contributed by atoms with Crippen LogP contribution in [0.4, 0.5) is 0 Å². The Labute approximate surface area is 562 Å². The van der Waals surface area contributed by atoms with Crippen molar-refractivity contribution < 1.29 is 103 Å². The molecule has 0 aliphatic carbocycles. The molecular formula is C64H98N12O21. The second kappa shape index (κ2) is 39.7. The number of esters is 1. The van der Waals surface area contributed by atoms with Crippen molar-refractivity contribution >= 4 is 65.0 Å². The number of likely N-dealkylation sites (N-methyl/N-ethyl adjacent to an activating group) is 1. The number of phenols is 1. The predicted molar refractivity (Wildman–Crippen MR) is 344 cm³/mol. The number of aliphatic hydroxyl groups is 6. The Balaban J connectivity index is 1.86. The minimum atomic E-state index is -2.28. The maximum atomic E-state index is 15.0. The molecule has 0 bridgehead atoms. The van der Waals surface area contributed by atoms with Crippen LogP contribution in [0.2, 0.25) is 0 Å². The number of rotatable bonds is 27. The van der Waals surface area contributed by atoms with Crippen molar-refractivity contribution in [1.82, 2.24) is 57.4 Å². The Morgan fingerprint density at radius 1 is 0.835 bits per heavy atom. The highest BCUT2D eigenvalue weighted by Crippen LogP contribution is 2.25. The van der Waals surface area contributed by atoms with E-state index in [0.717, 1.165) is 83.4 Å². The van der Waals surface area contributed by atoms with Crippen molar-refractivity contribution in [3.63, 3.8) is 0 Å². The zero-order valence-electron chi connectivity index (χ0n) is 56.0. The van der Waals surface area contributed by atoms with Crippen LogP contribution < -0.4 is 48.3 Å². The van der Waals surface area contributed by atoms with Crippen LogP contribution >= 0.6 is 0 Å².